The Labute approximate surface area is 130 Å². The summed E-state index contributed by atoms with van der Waals surface area (Å²) in [7, 11) is 0. The van der Waals surface area contributed by atoms with E-state index in [4.69, 9.17) is 4.74 Å². The van der Waals surface area contributed by atoms with E-state index in [-0.39, 0.29) is 0 Å². The van der Waals surface area contributed by atoms with Gasteiger partial charge < -0.3 is 9.84 Å². The maximum atomic E-state index is 10.3. The van der Waals surface area contributed by atoms with E-state index in [9.17, 15) is 5.11 Å². The molecular weight excluding hydrogens is 282 g/mol. The number of nitrogens with zero attached hydrogens (tertiary/aromatic N) is 1. The number of hydrogen-bond donors (Lipinski definition) is 1. The third kappa shape index (κ3) is 5.06. The first-order valence-corrected chi connectivity index (χ1v) is 8.13. The molecule has 0 bridgehead atoms. The summed E-state index contributed by atoms with van der Waals surface area (Å²) in [5, 5.41) is 10.3. The number of aliphatic hydroxyl groups is 1. The molecular formula is C17H21NO2S. The number of aromatic nitrogens is 1. The van der Waals surface area contributed by atoms with Gasteiger partial charge in [0.05, 0.1) is 18.9 Å². The van der Waals surface area contributed by atoms with Gasteiger partial charge >= 0.3 is 0 Å². The topological polar surface area (TPSA) is 42.4 Å². The fraction of sp³-hybridized carbons (Fsp3) is 0.353. The second-order valence-electron chi connectivity index (χ2n) is 4.94. The fourth-order valence-corrected chi connectivity index (χ4v) is 2.69. The van der Waals surface area contributed by atoms with Crippen LogP contribution < -0.4 is 4.74 Å². The molecule has 0 spiro atoms. The van der Waals surface area contributed by atoms with Crippen molar-refractivity contribution < 1.29 is 9.84 Å². The molecule has 0 fully saturated rings. The summed E-state index contributed by atoms with van der Waals surface area (Å²) in [4.78, 5) is 5.29. The normalized spacial score (nSPS) is 12.1. The highest BCUT2D eigenvalue weighted by Crippen LogP contribution is 2.26. The lowest BCUT2D eigenvalue weighted by atomic mass is 10.2. The molecule has 112 valence electrons. The minimum atomic E-state index is -0.547. The second kappa shape index (κ2) is 8.05. The van der Waals surface area contributed by atoms with Crippen molar-refractivity contribution in [2.45, 2.75) is 31.3 Å². The first kappa shape index (κ1) is 15.9. The first-order valence-electron chi connectivity index (χ1n) is 7.14. The molecule has 0 saturated heterocycles. The predicted molar refractivity (Wildman–Crippen MR) is 86.9 cm³/mol. The summed E-state index contributed by atoms with van der Waals surface area (Å²) in [6.07, 6.45) is 3.78. The molecule has 21 heavy (non-hydrogen) atoms. The van der Waals surface area contributed by atoms with Crippen LogP contribution in [0, 0.1) is 6.92 Å². The zero-order chi connectivity index (χ0) is 15.1. The van der Waals surface area contributed by atoms with Crippen LogP contribution in [0.4, 0.5) is 0 Å². The molecule has 3 nitrogen and oxygen atoms in total. The Morgan fingerprint density at radius 2 is 2.00 bits per heavy atom. The Hall–Kier alpha value is -1.52. The Morgan fingerprint density at radius 3 is 2.71 bits per heavy atom. The van der Waals surface area contributed by atoms with E-state index in [0.29, 0.717) is 18.1 Å². The monoisotopic (exact) mass is 303 g/mol. The zero-order valence-corrected chi connectivity index (χ0v) is 13.3. The van der Waals surface area contributed by atoms with Crippen molar-refractivity contribution in [2.24, 2.45) is 0 Å². The zero-order valence-electron chi connectivity index (χ0n) is 12.5. The molecule has 1 N–H and O–H groups in total. The third-order valence-corrected chi connectivity index (χ3v) is 4.11. The molecule has 0 aliphatic carbocycles. The van der Waals surface area contributed by atoms with Crippen molar-refractivity contribution >= 4 is 11.8 Å². The van der Waals surface area contributed by atoms with Gasteiger partial charge in [0.15, 0.2) is 0 Å². The molecule has 1 aromatic carbocycles. The molecule has 4 heteroatoms. The Morgan fingerprint density at radius 1 is 1.24 bits per heavy atom. The number of hydrogen-bond acceptors (Lipinski definition) is 4. The molecule has 2 aromatic rings. The van der Waals surface area contributed by atoms with Gasteiger partial charge in [-0.2, -0.15) is 0 Å². The van der Waals surface area contributed by atoms with Crippen molar-refractivity contribution in [3.8, 4) is 5.75 Å². The molecule has 0 amide bonds. The van der Waals surface area contributed by atoms with Crippen LogP contribution in [-0.2, 0) is 0 Å². The van der Waals surface area contributed by atoms with Crippen molar-refractivity contribution in [3.05, 3.63) is 53.9 Å². The van der Waals surface area contributed by atoms with Crippen LogP contribution in [0.3, 0.4) is 0 Å². The predicted octanol–water partition coefficient (Wildman–Crippen LogP) is 4.00. The van der Waals surface area contributed by atoms with Crippen LogP contribution in [0.1, 0.15) is 30.6 Å². The number of rotatable bonds is 7. The van der Waals surface area contributed by atoms with Gasteiger partial charge in [-0.05, 0) is 31.5 Å². The van der Waals surface area contributed by atoms with Gasteiger partial charge in [-0.1, -0.05) is 24.6 Å². The largest absolute Gasteiger partial charge is 0.492 e. The molecule has 0 saturated carbocycles. The van der Waals surface area contributed by atoms with Gasteiger partial charge in [0.2, 0.25) is 0 Å². The highest BCUT2D eigenvalue weighted by atomic mass is 32.2. The number of ether oxygens (including phenoxy) is 1. The minimum Gasteiger partial charge on any atom is -0.492 e. The van der Waals surface area contributed by atoms with Crippen LogP contribution in [0.2, 0.25) is 0 Å². The maximum Gasteiger partial charge on any atom is 0.137 e. The van der Waals surface area contributed by atoms with Crippen LogP contribution >= 0.6 is 11.8 Å². The van der Waals surface area contributed by atoms with Crippen LogP contribution in [0.5, 0.6) is 5.75 Å². The number of pyridine rings is 1. The van der Waals surface area contributed by atoms with Crippen molar-refractivity contribution in [2.75, 3.05) is 12.4 Å². The number of thioether (sulfide) groups is 1. The third-order valence-electron chi connectivity index (χ3n) is 3.02. The lowest BCUT2D eigenvalue weighted by molar-refractivity contribution is 0.202. The first-order chi connectivity index (χ1) is 10.2. The van der Waals surface area contributed by atoms with Gasteiger partial charge in [0.25, 0.3) is 0 Å². The molecule has 0 radical (unpaired) electrons. The summed E-state index contributed by atoms with van der Waals surface area (Å²) in [6.45, 7) is 4.79. The molecule has 0 aliphatic rings. The molecule has 1 atom stereocenters. The van der Waals surface area contributed by atoms with Crippen LogP contribution in [0.15, 0.2) is 47.6 Å². The van der Waals surface area contributed by atoms with Gasteiger partial charge in [-0.3, -0.25) is 4.98 Å². The number of benzene rings is 1. The van der Waals surface area contributed by atoms with Gasteiger partial charge in [-0.25, -0.2) is 0 Å². The lowest BCUT2D eigenvalue weighted by Gasteiger charge is -2.12. The second-order valence-corrected chi connectivity index (χ2v) is 6.04. The van der Waals surface area contributed by atoms with Crippen LogP contribution in [-0.4, -0.2) is 22.5 Å². The number of aliphatic hydroxyl groups excluding tert-OH is 1. The van der Waals surface area contributed by atoms with E-state index in [1.54, 1.807) is 24.2 Å². The van der Waals surface area contributed by atoms with E-state index in [2.05, 4.69) is 43.1 Å². The van der Waals surface area contributed by atoms with Crippen molar-refractivity contribution in [1.29, 1.82) is 0 Å². The Bertz CT molecular complexity index is 557. The van der Waals surface area contributed by atoms with E-state index in [1.807, 2.05) is 6.07 Å². The molecule has 2 rings (SSSR count). The van der Waals surface area contributed by atoms with E-state index >= 15 is 0 Å². The Kier molecular flexibility index (Phi) is 6.08. The summed E-state index contributed by atoms with van der Waals surface area (Å²) >= 11 is 1.64. The SMILES string of the molecule is CCCOc1cncc(C(O)CSc2ccc(C)cc2)c1. The highest BCUT2D eigenvalue weighted by molar-refractivity contribution is 7.99. The van der Waals surface area contributed by atoms with E-state index in [1.165, 1.54) is 5.56 Å². The minimum absolute atomic E-state index is 0.547. The lowest BCUT2D eigenvalue weighted by Crippen LogP contribution is -2.03. The average Bonchev–Trinajstić information content (AvgIpc) is 2.52. The Balaban J connectivity index is 1.93. The standard InChI is InChI=1S/C17H21NO2S/c1-3-8-20-15-9-14(10-18-11-15)17(19)12-21-16-6-4-13(2)5-7-16/h4-7,9-11,17,19H,3,8,12H2,1-2H3. The van der Waals surface area contributed by atoms with Gasteiger partial charge in [0.1, 0.15) is 5.75 Å². The number of aryl methyl sites for hydroxylation is 1. The maximum absolute atomic E-state index is 10.3. The fourth-order valence-electron chi connectivity index (χ4n) is 1.82. The van der Waals surface area contributed by atoms with Crippen molar-refractivity contribution in [1.82, 2.24) is 4.98 Å². The summed E-state index contributed by atoms with van der Waals surface area (Å²) in [5.41, 5.74) is 2.04. The van der Waals surface area contributed by atoms with E-state index < -0.39 is 6.10 Å². The highest BCUT2D eigenvalue weighted by Gasteiger charge is 2.10. The smallest absolute Gasteiger partial charge is 0.137 e. The summed E-state index contributed by atoms with van der Waals surface area (Å²) < 4.78 is 5.54. The summed E-state index contributed by atoms with van der Waals surface area (Å²) in [5.74, 6) is 1.32. The van der Waals surface area contributed by atoms with E-state index in [0.717, 1.165) is 16.9 Å². The van der Waals surface area contributed by atoms with Gasteiger partial charge in [0, 0.05) is 22.4 Å². The summed E-state index contributed by atoms with van der Waals surface area (Å²) in [6, 6.07) is 10.2. The molecule has 1 aromatic heterocycles. The molecule has 1 unspecified atom stereocenters. The quantitative estimate of drug-likeness (QED) is 0.785. The molecule has 0 aliphatic heterocycles. The van der Waals surface area contributed by atoms with Gasteiger partial charge in [-0.15, -0.1) is 11.8 Å². The van der Waals surface area contributed by atoms with Crippen LogP contribution in [0.25, 0.3) is 0 Å². The molecule has 1 heterocycles. The average molecular weight is 303 g/mol. The van der Waals surface area contributed by atoms with Crippen molar-refractivity contribution in [3.63, 3.8) is 0 Å².